The summed E-state index contributed by atoms with van der Waals surface area (Å²) in [6, 6.07) is 6.07. The fraction of sp³-hybridized carbons (Fsp3) is 0.611. The van der Waals surface area contributed by atoms with E-state index in [-0.39, 0.29) is 0 Å². The number of hydrogen-bond donors (Lipinski definition) is 2. The highest BCUT2D eigenvalue weighted by Crippen LogP contribution is 2.25. The molecule has 6 heteroatoms. The molecule has 1 heterocycles. The van der Waals surface area contributed by atoms with Gasteiger partial charge >= 0.3 is 0 Å². The first-order chi connectivity index (χ1) is 11.7. The molecule has 0 aromatic heterocycles. The molecule has 1 aliphatic rings. The number of nitrogens with one attached hydrogen (secondary N) is 2. The van der Waals surface area contributed by atoms with Crippen molar-refractivity contribution in [2.24, 2.45) is 4.99 Å². The molecule has 2 N–H and O–H groups in total. The normalized spacial score (nSPS) is 16.0. The van der Waals surface area contributed by atoms with Crippen molar-refractivity contribution in [1.29, 1.82) is 0 Å². The number of nitrogens with zero attached hydrogens (tertiary/aromatic N) is 2. The van der Waals surface area contributed by atoms with Crippen LogP contribution < -0.4 is 15.4 Å². The molecule has 2 rings (SSSR count). The standard InChI is InChI=1S/C18H29BrN4O/c1-3-20-18(21-9-12-23-10-5-4-6-11-23)22-14-15-7-8-17(24-2)16(19)13-15/h7-8,13H,3-6,9-12,14H2,1-2H3,(H2,20,21,22). The van der Waals surface area contributed by atoms with Gasteiger partial charge in [0.15, 0.2) is 5.96 Å². The lowest BCUT2D eigenvalue weighted by atomic mass is 10.1. The van der Waals surface area contributed by atoms with Crippen molar-refractivity contribution in [2.75, 3.05) is 39.8 Å². The average molecular weight is 397 g/mol. The second-order valence-corrected chi connectivity index (χ2v) is 6.85. The summed E-state index contributed by atoms with van der Waals surface area (Å²) in [4.78, 5) is 7.21. The van der Waals surface area contributed by atoms with E-state index in [0.29, 0.717) is 6.54 Å². The number of methoxy groups -OCH3 is 1. The number of likely N-dealkylation sites (tertiary alicyclic amines) is 1. The maximum atomic E-state index is 5.26. The molecule has 0 saturated carbocycles. The number of rotatable bonds is 7. The van der Waals surface area contributed by atoms with Crippen molar-refractivity contribution >= 4 is 21.9 Å². The number of benzene rings is 1. The molecule has 0 amide bonds. The van der Waals surface area contributed by atoms with Crippen LogP contribution in [-0.4, -0.2) is 50.7 Å². The van der Waals surface area contributed by atoms with E-state index in [1.54, 1.807) is 7.11 Å². The quantitative estimate of drug-likeness (QED) is 0.549. The Balaban J connectivity index is 1.84. The van der Waals surface area contributed by atoms with Crippen LogP contribution in [0.15, 0.2) is 27.7 Å². The van der Waals surface area contributed by atoms with Gasteiger partial charge in [0.1, 0.15) is 5.75 Å². The summed E-state index contributed by atoms with van der Waals surface area (Å²) in [6.07, 6.45) is 4.05. The highest BCUT2D eigenvalue weighted by atomic mass is 79.9. The molecule has 134 valence electrons. The van der Waals surface area contributed by atoms with E-state index in [1.807, 2.05) is 12.1 Å². The Hall–Kier alpha value is -1.27. The van der Waals surface area contributed by atoms with Gasteiger partial charge in [-0.25, -0.2) is 4.99 Å². The van der Waals surface area contributed by atoms with Crippen molar-refractivity contribution in [3.8, 4) is 5.75 Å². The summed E-state index contributed by atoms with van der Waals surface area (Å²) in [6.45, 7) is 8.07. The minimum absolute atomic E-state index is 0.641. The van der Waals surface area contributed by atoms with Gasteiger partial charge in [-0.1, -0.05) is 12.5 Å². The minimum atomic E-state index is 0.641. The molecule has 1 fully saturated rings. The number of aliphatic imine (C=N–C) groups is 1. The molecule has 24 heavy (non-hydrogen) atoms. The Bertz CT molecular complexity index is 530. The highest BCUT2D eigenvalue weighted by Gasteiger charge is 2.09. The van der Waals surface area contributed by atoms with Crippen LogP contribution in [-0.2, 0) is 6.54 Å². The van der Waals surface area contributed by atoms with Crippen molar-refractivity contribution in [3.05, 3.63) is 28.2 Å². The Labute approximate surface area is 154 Å². The largest absolute Gasteiger partial charge is 0.496 e. The Morgan fingerprint density at radius 3 is 2.71 bits per heavy atom. The molecule has 1 aromatic rings. The smallest absolute Gasteiger partial charge is 0.191 e. The lowest BCUT2D eigenvalue weighted by Crippen LogP contribution is -2.42. The van der Waals surface area contributed by atoms with Gasteiger partial charge in [0.25, 0.3) is 0 Å². The number of hydrogen-bond acceptors (Lipinski definition) is 3. The van der Waals surface area contributed by atoms with E-state index in [2.05, 4.69) is 49.4 Å². The SMILES string of the molecule is CCNC(=NCc1ccc(OC)c(Br)c1)NCCN1CCCCC1. The molecule has 5 nitrogen and oxygen atoms in total. The van der Waals surface area contributed by atoms with E-state index in [1.165, 1.54) is 32.4 Å². The van der Waals surface area contributed by atoms with Crippen LogP contribution in [0.5, 0.6) is 5.75 Å². The van der Waals surface area contributed by atoms with Gasteiger partial charge in [-0.3, -0.25) is 0 Å². The number of ether oxygens (including phenoxy) is 1. The van der Waals surface area contributed by atoms with Crippen LogP contribution >= 0.6 is 15.9 Å². The van der Waals surface area contributed by atoms with Gasteiger partial charge in [0.05, 0.1) is 18.1 Å². The first-order valence-electron chi connectivity index (χ1n) is 8.80. The van der Waals surface area contributed by atoms with Crippen molar-refractivity contribution < 1.29 is 4.74 Å². The summed E-state index contributed by atoms with van der Waals surface area (Å²) in [5.41, 5.74) is 1.15. The summed E-state index contributed by atoms with van der Waals surface area (Å²) in [5, 5.41) is 6.75. The second-order valence-electron chi connectivity index (χ2n) is 5.99. The van der Waals surface area contributed by atoms with Crippen LogP contribution in [0.4, 0.5) is 0 Å². The van der Waals surface area contributed by atoms with Crippen molar-refractivity contribution in [1.82, 2.24) is 15.5 Å². The summed E-state index contributed by atoms with van der Waals surface area (Å²) >= 11 is 3.52. The molecular formula is C18H29BrN4O. The Morgan fingerprint density at radius 2 is 2.04 bits per heavy atom. The van der Waals surface area contributed by atoms with Gasteiger partial charge in [-0.2, -0.15) is 0 Å². The minimum Gasteiger partial charge on any atom is -0.496 e. The monoisotopic (exact) mass is 396 g/mol. The molecule has 0 unspecified atom stereocenters. The fourth-order valence-corrected chi connectivity index (χ4v) is 3.42. The summed E-state index contributed by atoms with van der Waals surface area (Å²) in [7, 11) is 1.67. The van der Waals surface area contributed by atoms with Gasteiger partial charge in [0, 0.05) is 19.6 Å². The third kappa shape index (κ3) is 6.32. The Kier molecular flexibility index (Phi) is 8.39. The van der Waals surface area contributed by atoms with Crippen LogP contribution in [0.3, 0.4) is 0 Å². The third-order valence-corrected chi connectivity index (χ3v) is 4.77. The molecule has 0 aliphatic carbocycles. The predicted molar refractivity (Wildman–Crippen MR) is 104 cm³/mol. The fourth-order valence-electron chi connectivity index (χ4n) is 2.84. The van der Waals surface area contributed by atoms with E-state index >= 15 is 0 Å². The van der Waals surface area contributed by atoms with Crippen molar-refractivity contribution in [2.45, 2.75) is 32.7 Å². The van der Waals surface area contributed by atoms with Crippen LogP contribution in [0.25, 0.3) is 0 Å². The van der Waals surface area contributed by atoms with Crippen LogP contribution in [0.1, 0.15) is 31.7 Å². The molecule has 0 radical (unpaired) electrons. The first kappa shape index (κ1) is 19.1. The van der Waals surface area contributed by atoms with E-state index in [0.717, 1.165) is 41.4 Å². The first-order valence-corrected chi connectivity index (χ1v) is 9.59. The van der Waals surface area contributed by atoms with Gasteiger partial charge < -0.3 is 20.3 Å². The molecule has 1 aliphatic heterocycles. The van der Waals surface area contributed by atoms with E-state index in [4.69, 9.17) is 4.74 Å². The summed E-state index contributed by atoms with van der Waals surface area (Å²) < 4.78 is 6.22. The molecule has 0 atom stereocenters. The maximum Gasteiger partial charge on any atom is 0.191 e. The molecular weight excluding hydrogens is 368 g/mol. The van der Waals surface area contributed by atoms with E-state index in [9.17, 15) is 0 Å². The maximum absolute atomic E-state index is 5.26. The van der Waals surface area contributed by atoms with Crippen LogP contribution in [0.2, 0.25) is 0 Å². The lowest BCUT2D eigenvalue weighted by molar-refractivity contribution is 0.232. The Morgan fingerprint density at radius 1 is 1.25 bits per heavy atom. The number of piperidine rings is 1. The molecule has 1 aromatic carbocycles. The average Bonchev–Trinajstić information content (AvgIpc) is 2.60. The molecule has 1 saturated heterocycles. The topological polar surface area (TPSA) is 48.9 Å². The lowest BCUT2D eigenvalue weighted by Gasteiger charge is -2.26. The zero-order chi connectivity index (χ0) is 17.2. The van der Waals surface area contributed by atoms with Gasteiger partial charge in [-0.15, -0.1) is 0 Å². The highest BCUT2D eigenvalue weighted by molar-refractivity contribution is 9.10. The third-order valence-electron chi connectivity index (χ3n) is 4.15. The predicted octanol–water partition coefficient (Wildman–Crippen LogP) is 3.00. The number of guanidine groups is 1. The number of halogens is 1. The zero-order valence-corrected chi connectivity index (χ0v) is 16.4. The van der Waals surface area contributed by atoms with E-state index < -0.39 is 0 Å². The summed E-state index contributed by atoms with van der Waals surface area (Å²) in [5.74, 6) is 1.72. The zero-order valence-electron chi connectivity index (χ0n) is 14.8. The second kappa shape index (κ2) is 10.6. The van der Waals surface area contributed by atoms with Gasteiger partial charge in [0.2, 0.25) is 0 Å². The molecule has 0 bridgehead atoms. The van der Waals surface area contributed by atoms with Crippen LogP contribution in [0, 0.1) is 0 Å². The van der Waals surface area contributed by atoms with Crippen molar-refractivity contribution in [3.63, 3.8) is 0 Å². The van der Waals surface area contributed by atoms with Gasteiger partial charge in [-0.05, 0) is 66.5 Å². The molecule has 0 spiro atoms.